The fraction of sp³-hybridized carbons (Fsp3) is 0.294. The molecule has 0 saturated carbocycles. The summed E-state index contributed by atoms with van der Waals surface area (Å²) in [6, 6.07) is 11.0. The monoisotopic (exact) mass is 315 g/mol. The Morgan fingerprint density at radius 2 is 2.00 bits per heavy atom. The number of aryl methyl sites for hydroxylation is 1. The van der Waals surface area contributed by atoms with Gasteiger partial charge in [-0.25, -0.2) is 4.90 Å². The van der Waals surface area contributed by atoms with Crippen LogP contribution in [0.15, 0.2) is 41.8 Å². The van der Waals surface area contributed by atoms with Gasteiger partial charge in [0.1, 0.15) is 0 Å². The molecule has 22 heavy (non-hydrogen) atoms. The summed E-state index contributed by atoms with van der Waals surface area (Å²) in [5.74, 6) is -0.205. The molecule has 2 N–H and O–H groups in total. The molecule has 4 nitrogen and oxygen atoms in total. The van der Waals surface area contributed by atoms with Gasteiger partial charge >= 0.3 is 0 Å². The predicted molar refractivity (Wildman–Crippen MR) is 86.9 cm³/mol. The standard InChI is InChI=1S/C17H18N2O2S/c1-12-8-10-22-15(12)7-9-18-14-11-16(20)19(17(14)21)13-5-3-2-4-6-13/h2-6,8,10,14,18H,7,9,11H2,1H3/p+1/t14-/m0/s1. The van der Waals surface area contributed by atoms with Gasteiger partial charge in [0.2, 0.25) is 5.91 Å². The highest BCUT2D eigenvalue weighted by atomic mass is 32.1. The number of imide groups is 1. The molecule has 1 aliphatic heterocycles. The van der Waals surface area contributed by atoms with Crippen LogP contribution in [0.25, 0.3) is 0 Å². The highest BCUT2D eigenvalue weighted by molar-refractivity contribution is 7.10. The van der Waals surface area contributed by atoms with Crippen molar-refractivity contribution < 1.29 is 14.9 Å². The summed E-state index contributed by atoms with van der Waals surface area (Å²) < 4.78 is 0. The average Bonchev–Trinajstić information content (AvgIpc) is 3.04. The smallest absolute Gasteiger partial charge is 0.292 e. The van der Waals surface area contributed by atoms with Crippen LogP contribution in [0.5, 0.6) is 0 Å². The van der Waals surface area contributed by atoms with Gasteiger partial charge in [-0.05, 0) is 36.1 Å². The normalized spacial score (nSPS) is 18.2. The lowest BCUT2D eigenvalue weighted by molar-refractivity contribution is -0.674. The molecule has 2 heterocycles. The summed E-state index contributed by atoms with van der Waals surface area (Å²) in [6.45, 7) is 2.93. The van der Waals surface area contributed by atoms with E-state index < -0.39 is 0 Å². The van der Waals surface area contributed by atoms with Crippen molar-refractivity contribution in [2.45, 2.75) is 25.8 Å². The van der Waals surface area contributed by atoms with E-state index in [-0.39, 0.29) is 24.3 Å². The van der Waals surface area contributed by atoms with Crippen LogP contribution in [-0.4, -0.2) is 24.4 Å². The highest BCUT2D eigenvalue weighted by Crippen LogP contribution is 2.21. The Kier molecular flexibility index (Phi) is 4.36. The molecule has 0 unspecified atom stereocenters. The molecule has 1 saturated heterocycles. The third-order valence-corrected chi connectivity index (χ3v) is 5.07. The number of para-hydroxylation sites is 1. The Hall–Kier alpha value is -1.98. The number of nitrogens with two attached hydrogens (primary N) is 1. The summed E-state index contributed by atoms with van der Waals surface area (Å²) in [4.78, 5) is 27.3. The summed E-state index contributed by atoms with van der Waals surface area (Å²) in [5.41, 5.74) is 1.97. The van der Waals surface area contributed by atoms with Crippen LogP contribution < -0.4 is 10.2 Å². The Morgan fingerprint density at radius 3 is 2.68 bits per heavy atom. The van der Waals surface area contributed by atoms with E-state index in [1.807, 2.05) is 23.5 Å². The number of thiophene rings is 1. The molecule has 114 valence electrons. The minimum atomic E-state index is -0.284. The van der Waals surface area contributed by atoms with Crippen molar-refractivity contribution in [3.05, 3.63) is 52.2 Å². The van der Waals surface area contributed by atoms with Gasteiger partial charge in [-0.2, -0.15) is 0 Å². The Labute approximate surface area is 133 Å². The van der Waals surface area contributed by atoms with Gasteiger partial charge in [-0.1, -0.05) is 18.2 Å². The van der Waals surface area contributed by atoms with Crippen LogP contribution in [0.4, 0.5) is 5.69 Å². The molecule has 2 amide bonds. The van der Waals surface area contributed by atoms with E-state index in [4.69, 9.17) is 0 Å². The largest absolute Gasteiger partial charge is 0.335 e. The predicted octanol–water partition coefficient (Wildman–Crippen LogP) is 1.49. The summed E-state index contributed by atoms with van der Waals surface area (Å²) in [6.07, 6.45) is 1.23. The van der Waals surface area contributed by atoms with Gasteiger partial charge in [-0.3, -0.25) is 9.59 Å². The van der Waals surface area contributed by atoms with Crippen molar-refractivity contribution in [3.8, 4) is 0 Å². The first-order valence-electron chi connectivity index (χ1n) is 7.45. The van der Waals surface area contributed by atoms with Crippen LogP contribution in [-0.2, 0) is 16.0 Å². The van der Waals surface area contributed by atoms with E-state index in [1.54, 1.807) is 23.5 Å². The molecule has 3 rings (SSSR count). The molecule has 0 aliphatic carbocycles. The van der Waals surface area contributed by atoms with Gasteiger partial charge in [0.05, 0.1) is 18.7 Å². The van der Waals surface area contributed by atoms with E-state index in [1.165, 1.54) is 15.3 Å². The number of hydrogen-bond acceptors (Lipinski definition) is 3. The first-order chi connectivity index (χ1) is 10.7. The SMILES string of the molecule is Cc1ccsc1CC[NH2+][C@H]1CC(=O)N(c2ccccc2)C1=O. The summed E-state index contributed by atoms with van der Waals surface area (Å²) in [7, 11) is 0. The minimum absolute atomic E-state index is 0.0981. The molecular weight excluding hydrogens is 296 g/mol. The van der Waals surface area contributed by atoms with Crippen molar-refractivity contribution in [2.24, 2.45) is 0 Å². The first kappa shape index (κ1) is 14.9. The number of rotatable bonds is 5. The van der Waals surface area contributed by atoms with Crippen molar-refractivity contribution in [2.75, 3.05) is 11.4 Å². The summed E-state index contributed by atoms with van der Waals surface area (Å²) >= 11 is 1.75. The number of anilines is 1. The number of nitrogens with zero attached hydrogens (tertiary/aromatic N) is 1. The maximum Gasteiger partial charge on any atom is 0.292 e. The molecule has 1 aromatic heterocycles. The van der Waals surface area contributed by atoms with Crippen molar-refractivity contribution in [1.82, 2.24) is 0 Å². The second-order valence-electron chi connectivity index (χ2n) is 5.51. The lowest BCUT2D eigenvalue weighted by Crippen LogP contribution is -2.92. The Morgan fingerprint density at radius 1 is 1.23 bits per heavy atom. The maximum absolute atomic E-state index is 12.5. The number of hydrogen-bond donors (Lipinski definition) is 1. The lowest BCUT2D eigenvalue weighted by Gasteiger charge is -2.13. The van der Waals surface area contributed by atoms with Gasteiger partial charge in [-0.15, -0.1) is 11.3 Å². The molecule has 1 aromatic carbocycles. The van der Waals surface area contributed by atoms with Gasteiger partial charge in [0.15, 0.2) is 6.04 Å². The Bertz CT molecular complexity index is 681. The van der Waals surface area contributed by atoms with E-state index in [0.717, 1.165) is 13.0 Å². The third-order valence-electron chi connectivity index (χ3n) is 3.99. The molecule has 0 bridgehead atoms. The first-order valence-corrected chi connectivity index (χ1v) is 8.33. The number of benzene rings is 1. The fourth-order valence-corrected chi connectivity index (χ4v) is 3.69. The molecule has 0 radical (unpaired) electrons. The van der Waals surface area contributed by atoms with Gasteiger partial charge in [0.25, 0.3) is 5.91 Å². The second kappa shape index (κ2) is 6.42. The van der Waals surface area contributed by atoms with Gasteiger partial charge in [0, 0.05) is 11.3 Å². The van der Waals surface area contributed by atoms with Crippen molar-refractivity contribution in [3.63, 3.8) is 0 Å². The van der Waals surface area contributed by atoms with E-state index in [9.17, 15) is 9.59 Å². The van der Waals surface area contributed by atoms with Crippen LogP contribution in [0.1, 0.15) is 16.9 Å². The molecule has 1 atom stereocenters. The third kappa shape index (κ3) is 2.96. The van der Waals surface area contributed by atoms with E-state index in [0.29, 0.717) is 5.69 Å². The van der Waals surface area contributed by atoms with Crippen molar-refractivity contribution >= 4 is 28.8 Å². The zero-order valence-corrected chi connectivity index (χ0v) is 13.3. The Balaban J connectivity index is 1.61. The number of quaternary nitrogens is 1. The minimum Gasteiger partial charge on any atom is -0.335 e. The summed E-state index contributed by atoms with van der Waals surface area (Å²) in [5, 5.41) is 4.09. The second-order valence-corrected chi connectivity index (χ2v) is 6.52. The topological polar surface area (TPSA) is 54.0 Å². The lowest BCUT2D eigenvalue weighted by atomic mass is 10.2. The number of amides is 2. The van der Waals surface area contributed by atoms with E-state index in [2.05, 4.69) is 18.4 Å². The van der Waals surface area contributed by atoms with Gasteiger partial charge < -0.3 is 5.32 Å². The van der Waals surface area contributed by atoms with Crippen molar-refractivity contribution in [1.29, 1.82) is 0 Å². The highest BCUT2D eigenvalue weighted by Gasteiger charge is 2.41. The quantitative estimate of drug-likeness (QED) is 0.850. The average molecular weight is 315 g/mol. The zero-order chi connectivity index (χ0) is 15.5. The molecule has 1 fully saturated rings. The fourth-order valence-electron chi connectivity index (χ4n) is 2.76. The number of carbonyl (C=O) groups is 2. The van der Waals surface area contributed by atoms with Crippen LogP contribution >= 0.6 is 11.3 Å². The molecule has 5 heteroatoms. The van der Waals surface area contributed by atoms with E-state index >= 15 is 0 Å². The molecule has 2 aromatic rings. The van der Waals surface area contributed by atoms with Crippen LogP contribution in [0.2, 0.25) is 0 Å². The maximum atomic E-state index is 12.5. The van der Waals surface area contributed by atoms with Crippen LogP contribution in [0.3, 0.4) is 0 Å². The molecule has 0 spiro atoms. The number of carbonyl (C=O) groups excluding carboxylic acids is 2. The zero-order valence-electron chi connectivity index (χ0n) is 12.5. The van der Waals surface area contributed by atoms with Crippen LogP contribution in [0, 0.1) is 6.92 Å². The molecule has 1 aliphatic rings. The molecular formula is C17H19N2O2S+.